The summed E-state index contributed by atoms with van der Waals surface area (Å²) >= 11 is 1.59. The van der Waals surface area contributed by atoms with Crippen LogP contribution < -0.4 is 15.0 Å². The van der Waals surface area contributed by atoms with E-state index in [4.69, 9.17) is 9.47 Å². The first kappa shape index (κ1) is 17.6. The van der Waals surface area contributed by atoms with Crippen molar-refractivity contribution in [3.8, 4) is 11.5 Å². The Bertz CT molecular complexity index is 982. The van der Waals surface area contributed by atoms with Gasteiger partial charge in [0.05, 0.1) is 36.1 Å². The molecule has 0 unspecified atom stereocenters. The van der Waals surface area contributed by atoms with Gasteiger partial charge in [0, 0.05) is 18.8 Å². The number of anilines is 2. The van der Waals surface area contributed by atoms with Crippen LogP contribution in [0.4, 0.5) is 10.8 Å². The van der Waals surface area contributed by atoms with Gasteiger partial charge in [0.1, 0.15) is 11.5 Å². The van der Waals surface area contributed by atoms with Gasteiger partial charge in [-0.1, -0.05) is 11.3 Å². The van der Waals surface area contributed by atoms with E-state index >= 15 is 0 Å². The summed E-state index contributed by atoms with van der Waals surface area (Å²) in [6.45, 7) is 3.08. The molecule has 0 spiro atoms. The lowest BCUT2D eigenvalue weighted by Gasteiger charge is -2.25. The number of morpholine rings is 1. The third kappa shape index (κ3) is 3.67. The van der Waals surface area contributed by atoms with E-state index in [-0.39, 0.29) is 11.3 Å². The molecular formula is C19H19N3O4S. The molecule has 140 valence electrons. The van der Waals surface area contributed by atoms with Crippen molar-refractivity contribution in [1.29, 1.82) is 0 Å². The molecule has 3 aromatic rings. The molecule has 1 aliphatic rings. The van der Waals surface area contributed by atoms with Gasteiger partial charge in [-0.25, -0.2) is 4.98 Å². The molecule has 7 nitrogen and oxygen atoms in total. The molecule has 27 heavy (non-hydrogen) atoms. The number of methoxy groups -OCH3 is 1. The first-order valence-corrected chi connectivity index (χ1v) is 9.37. The van der Waals surface area contributed by atoms with Gasteiger partial charge in [-0.05, 0) is 36.4 Å². The summed E-state index contributed by atoms with van der Waals surface area (Å²) in [5.74, 6) is 0.0106. The molecule has 2 aromatic carbocycles. The average molecular weight is 385 g/mol. The second-order valence-corrected chi connectivity index (χ2v) is 7.12. The summed E-state index contributed by atoms with van der Waals surface area (Å²) in [5.41, 5.74) is 1.70. The van der Waals surface area contributed by atoms with E-state index in [2.05, 4.69) is 15.2 Å². The molecule has 2 heterocycles. The number of hydrogen-bond donors (Lipinski definition) is 2. The Balaban J connectivity index is 1.56. The SMILES string of the molecule is COc1ccc(O)c(C(=O)Nc2ccc3nc(N4CCOCC4)sc3c2)c1. The molecule has 0 atom stereocenters. The second-order valence-electron chi connectivity index (χ2n) is 6.12. The summed E-state index contributed by atoms with van der Waals surface area (Å²) in [7, 11) is 1.51. The Hall–Kier alpha value is -2.84. The minimum atomic E-state index is -0.399. The number of ether oxygens (including phenoxy) is 2. The smallest absolute Gasteiger partial charge is 0.259 e. The van der Waals surface area contributed by atoms with Crippen LogP contribution in [0, 0.1) is 0 Å². The monoisotopic (exact) mass is 385 g/mol. The lowest BCUT2D eigenvalue weighted by Crippen LogP contribution is -2.36. The molecule has 1 saturated heterocycles. The quantitative estimate of drug-likeness (QED) is 0.718. The molecule has 0 bridgehead atoms. The van der Waals surface area contributed by atoms with Crippen molar-refractivity contribution >= 4 is 38.3 Å². The minimum absolute atomic E-state index is 0.0956. The molecule has 4 rings (SSSR count). The van der Waals surface area contributed by atoms with Gasteiger partial charge in [-0.3, -0.25) is 4.79 Å². The van der Waals surface area contributed by atoms with Crippen LogP contribution in [-0.4, -0.2) is 49.4 Å². The van der Waals surface area contributed by atoms with Crippen LogP contribution in [0.15, 0.2) is 36.4 Å². The van der Waals surface area contributed by atoms with Gasteiger partial charge in [-0.15, -0.1) is 0 Å². The maximum atomic E-state index is 12.5. The van der Waals surface area contributed by atoms with Crippen LogP contribution in [0.2, 0.25) is 0 Å². The van der Waals surface area contributed by atoms with E-state index in [0.29, 0.717) is 24.7 Å². The van der Waals surface area contributed by atoms with Gasteiger partial charge >= 0.3 is 0 Å². The van der Waals surface area contributed by atoms with E-state index in [1.807, 2.05) is 12.1 Å². The molecule has 1 aromatic heterocycles. The van der Waals surface area contributed by atoms with Crippen LogP contribution in [0.5, 0.6) is 11.5 Å². The van der Waals surface area contributed by atoms with Crippen molar-refractivity contribution in [1.82, 2.24) is 4.98 Å². The Kier molecular flexibility index (Phi) is 4.83. The highest BCUT2D eigenvalue weighted by atomic mass is 32.1. The lowest BCUT2D eigenvalue weighted by atomic mass is 10.1. The number of hydrogen-bond acceptors (Lipinski definition) is 7. The number of nitrogens with one attached hydrogen (secondary N) is 1. The Morgan fingerprint density at radius 2 is 2.07 bits per heavy atom. The van der Waals surface area contributed by atoms with E-state index in [1.165, 1.54) is 19.2 Å². The van der Waals surface area contributed by atoms with Crippen molar-refractivity contribution in [3.05, 3.63) is 42.0 Å². The maximum absolute atomic E-state index is 12.5. The number of carbonyl (C=O) groups excluding carboxylic acids is 1. The maximum Gasteiger partial charge on any atom is 0.259 e. The highest BCUT2D eigenvalue weighted by Crippen LogP contribution is 2.31. The summed E-state index contributed by atoms with van der Waals surface area (Å²) in [6.07, 6.45) is 0. The summed E-state index contributed by atoms with van der Waals surface area (Å²) in [4.78, 5) is 19.4. The zero-order valence-corrected chi connectivity index (χ0v) is 15.6. The first-order valence-electron chi connectivity index (χ1n) is 8.56. The normalized spacial score (nSPS) is 14.3. The zero-order chi connectivity index (χ0) is 18.8. The number of thiazole rings is 1. The number of aromatic hydroxyl groups is 1. The highest BCUT2D eigenvalue weighted by Gasteiger charge is 2.17. The fourth-order valence-electron chi connectivity index (χ4n) is 2.90. The van der Waals surface area contributed by atoms with Gasteiger partial charge in [-0.2, -0.15) is 0 Å². The number of phenols is 1. The van der Waals surface area contributed by atoms with E-state index < -0.39 is 5.91 Å². The predicted octanol–water partition coefficient (Wildman–Crippen LogP) is 3.10. The van der Waals surface area contributed by atoms with Crippen LogP contribution in [-0.2, 0) is 4.74 Å². The summed E-state index contributed by atoms with van der Waals surface area (Å²) in [5, 5.41) is 13.7. The van der Waals surface area contributed by atoms with Gasteiger partial charge in [0.2, 0.25) is 0 Å². The molecule has 2 N–H and O–H groups in total. The molecule has 8 heteroatoms. The van der Waals surface area contributed by atoms with Crippen molar-refractivity contribution in [2.75, 3.05) is 43.6 Å². The largest absolute Gasteiger partial charge is 0.507 e. The molecule has 1 aliphatic heterocycles. The van der Waals surface area contributed by atoms with Crippen molar-refractivity contribution in [2.24, 2.45) is 0 Å². The summed E-state index contributed by atoms with van der Waals surface area (Å²) in [6, 6.07) is 10.1. The number of aromatic nitrogens is 1. The third-order valence-corrected chi connectivity index (χ3v) is 5.44. The number of nitrogens with zero attached hydrogens (tertiary/aromatic N) is 2. The predicted molar refractivity (Wildman–Crippen MR) is 105 cm³/mol. The molecule has 0 radical (unpaired) electrons. The second kappa shape index (κ2) is 7.42. The number of benzene rings is 2. The van der Waals surface area contributed by atoms with Crippen LogP contribution in [0.3, 0.4) is 0 Å². The first-order chi connectivity index (χ1) is 13.1. The fourth-order valence-corrected chi connectivity index (χ4v) is 3.96. The highest BCUT2D eigenvalue weighted by molar-refractivity contribution is 7.22. The molecule has 1 fully saturated rings. The Morgan fingerprint density at radius 3 is 2.85 bits per heavy atom. The van der Waals surface area contributed by atoms with Crippen molar-refractivity contribution in [2.45, 2.75) is 0 Å². The van der Waals surface area contributed by atoms with Crippen LogP contribution in [0.1, 0.15) is 10.4 Å². The Labute approximate surface area is 160 Å². The molecular weight excluding hydrogens is 366 g/mol. The zero-order valence-electron chi connectivity index (χ0n) is 14.8. The van der Waals surface area contributed by atoms with E-state index in [1.54, 1.807) is 23.5 Å². The lowest BCUT2D eigenvalue weighted by molar-refractivity contribution is 0.102. The van der Waals surface area contributed by atoms with Gasteiger partial charge in [0.25, 0.3) is 5.91 Å². The number of amides is 1. The van der Waals surface area contributed by atoms with E-state index in [0.717, 1.165) is 28.4 Å². The van der Waals surface area contributed by atoms with Crippen molar-refractivity contribution < 1.29 is 19.4 Å². The minimum Gasteiger partial charge on any atom is -0.507 e. The van der Waals surface area contributed by atoms with Gasteiger partial charge < -0.3 is 24.8 Å². The molecule has 0 saturated carbocycles. The molecule has 0 aliphatic carbocycles. The number of fused-ring (bicyclic) bond motifs is 1. The van der Waals surface area contributed by atoms with Crippen LogP contribution >= 0.6 is 11.3 Å². The average Bonchev–Trinajstić information content (AvgIpc) is 3.12. The Morgan fingerprint density at radius 1 is 1.26 bits per heavy atom. The van der Waals surface area contributed by atoms with Gasteiger partial charge in [0.15, 0.2) is 5.13 Å². The molecule has 1 amide bonds. The number of rotatable bonds is 4. The summed E-state index contributed by atoms with van der Waals surface area (Å²) < 4.78 is 11.5. The number of carbonyl (C=O) groups is 1. The third-order valence-electron chi connectivity index (χ3n) is 4.36. The van der Waals surface area contributed by atoms with Crippen LogP contribution in [0.25, 0.3) is 10.2 Å². The van der Waals surface area contributed by atoms with E-state index in [9.17, 15) is 9.90 Å². The topological polar surface area (TPSA) is 83.9 Å². The fraction of sp³-hybridized carbons (Fsp3) is 0.263. The standard InChI is InChI=1S/C19H19N3O4S/c1-25-13-3-5-16(23)14(11-13)18(24)20-12-2-4-15-17(10-12)27-19(21-15)22-6-8-26-9-7-22/h2-5,10-11,23H,6-9H2,1H3,(H,20,24). The van der Waals surface area contributed by atoms with Crippen molar-refractivity contribution in [3.63, 3.8) is 0 Å². The number of phenolic OH excluding ortho intramolecular Hbond substituents is 1.